The van der Waals surface area contributed by atoms with Crippen LogP contribution < -0.4 is 21.5 Å². The molecule has 0 saturated carbocycles. The van der Waals surface area contributed by atoms with Crippen LogP contribution in [-0.4, -0.2) is 58.8 Å². The van der Waals surface area contributed by atoms with Crippen LogP contribution in [0, 0.1) is 11.8 Å². The Morgan fingerprint density at radius 1 is 1.32 bits per heavy atom. The Kier molecular flexibility index (Phi) is 7.75. The number of aromatic nitrogens is 2. The number of rotatable bonds is 6. The van der Waals surface area contributed by atoms with Gasteiger partial charge in [0.2, 0.25) is 0 Å². The Morgan fingerprint density at radius 3 is 2.65 bits per heavy atom. The zero-order valence-corrected chi connectivity index (χ0v) is 17.5. The van der Waals surface area contributed by atoms with Crippen LogP contribution in [0.3, 0.4) is 0 Å². The van der Waals surface area contributed by atoms with Crippen LogP contribution >= 0.6 is 0 Å². The van der Waals surface area contributed by atoms with Crippen LogP contribution in [0.4, 0.5) is 23.4 Å². The molecule has 3 rings (SSSR count). The van der Waals surface area contributed by atoms with Crippen molar-refractivity contribution in [1.29, 1.82) is 0 Å². The number of carbonyl (C=O) groups is 1. The van der Waals surface area contributed by atoms with E-state index in [1.54, 1.807) is 17.4 Å². The first-order valence-corrected chi connectivity index (χ1v) is 9.97. The molecule has 1 aromatic heterocycles. The summed E-state index contributed by atoms with van der Waals surface area (Å²) in [5.41, 5.74) is 5.75. The molecular formula is C21H20F4N4O5. The lowest BCUT2D eigenvalue weighted by atomic mass is 10.2. The van der Waals surface area contributed by atoms with Crippen molar-refractivity contribution in [2.45, 2.75) is 31.1 Å². The van der Waals surface area contributed by atoms with Crippen LogP contribution in [0.25, 0.3) is 0 Å². The van der Waals surface area contributed by atoms with E-state index >= 15 is 0 Å². The van der Waals surface area contributed by atoms with Crippen LogP contribution in [0.2, 0.25) is 0 Å². The van der Waals surface area contributed by atoms with Gasteiger partial charge in [-0.25, -0.2) is 9.18 Å². The lowest BCUT2D eigenvalue weighted by Gasteiger charge is -2.14. The zero-order chi connectivity index (χ0) is 24.9. The number of ether oxygens (including phenoxy) is 2. The molecular weight excluding hydrogens is 464 g/mol. The number of aliphatic hydroxyl groups is 1. The molecule has 1 aliphatic heterocycles. The van der Waals surface area contributed by atoms with E-state index in [9.17, 15) is 27.2 Å². The molecule has 2 heterocycles. The standard InChI is InChI=1S/C21H20F4N4O5/c22-15-9-17(34-16(15)11-30)29-10-13(18(26)28-20(29)32)4-1-12-2-5-14(6-3-12)33-8-7-27-19(31)21(23,24)25/h2-3,5-6,10,15-17,30H,7-9,11H2,(H,27,31)(H2,26,28,32). The number of hydrogen-bond acceptors (Lipinski definition) is 7. The summed E-state index contributed by atoms with van der Waals surface area (Å²) in [7, 11) is 0. The topological polar surface area (TPSA) is 129 Å². The van der Waals surface area contributed by atoms with Crippen molar-refractivity contribution >= 4 is 11.7 Å². The highest BCUT2D eigenvalue weighted by atomic mass is 19.4. The van der Waals surface area contributed by atoms with Crippen molar-refractivity contribution in [1.82, 2.24) is 14.9 Å². The van der Waals surface area contributed by atoms with Crippen LogP contribution in [0.5, 0.6) is 5.75 Å². The van der Waals surface area contributed by atoms with Crippen molar-refractivity contribution in [3.05, 3.63) is 52.1 Å². The molecule has 4 N–H and O–H groups in total. The fourth-order valence-corrected chi connectivity index (χ4v) is 3.02. The molecule has 1 fully saturated rings. The third-order valence-electron chi connectivity index (χ3n) is 4.74. The molecule has 1 aromatic carbocycles. The van der Waals surface area contributed by atoms with Crippen molar-refractivity contribution in [3.63, 3.8) is 0 Å². The number of alkyl halides is 4. The van der Waals surface area contributed by atoms with Crippen molar-refractivity contribution in [3.8, 4) is 17.6 Å². The van der Waals surface area contributed by atoms with Gasteiger partial charge in [0, 0.05) is 18.2 Å². The second-order valence-corrected chi connectivity index (χ2v) is 7.17. The number of amides is 1. The van der Waals surface area contributed by atoms with Gasteiger partial charge in [0.1, 0.15) is 36.7 Å². The minimum atomic E-state index is -4.95. The second-order valence-electron chi connectivity index (χ2n) is 7.17. The number of benzene rings is 1. The molecule has 2 aromatic rings. The first-order chi connectivity index (χ1) is 16.1. The summed E-state index contributed by atoms with van der Waals surface area (Å²) >= 11 is 0. The molecule has 0 bridgehead atoms. The minimum Gasteiger partial charge on any atom is -0.492 e. The average Bonchev–Trinajstić information content (AvgIpc) is 3.16. The molecule has 3 atom stereocenters. The van der Waals surface area contributed by atoms with Crippen LogP contribution in [-0.2, 0) is 9.53 Å². The third kappa shape index (κ3) is 6.24. The summed E-state index contributed by atoms with van der Waals surface area (Å²) < 4.78 is 61.9. The Morgan fingerprint density at radius 2 is 2.03 bits per heavy atom. The van der Waals surface area contributed by atoms with Gasteiger partial charge in [-0.05, 0) is 24.3 Å². The SMILES string of the molecule is Nc1nc(=O)n(C2CC(F)C(CO)O2)cc1C#Cc1ccc(OCCNC(=O)C(F)(F)F)cc1. The maximum atomic E-state index is 13.9. The van der Waals surface area contributed by atoms with Gasteiger partial charge >= 0.3 is 17.8 Å². The molecule has 0 spiro atoms. The molecule has 13 heteroatoms. The summed E-state index contributed by atoms with van der Waals surface area (Å²) in [4.78, 5) is 26.6. The Labute approximate surface area is 190 Å². The lowest BCUT2D eigenvalue weighted by Crippen LogP contribution is -2.38. The van der Waals surface area contributed by atoms with E-state index in [1.165, 1.54) is 18.3 Å². The summed E-state index contributed by atoms with van der Waals surface area (Å²) in [5.74, 6) is 3.76. The molecule has 0 aliphatic carbocycles. The highest BCUT2D eigenvalue weighted by molar-refractivity contribution is 5.81. The van der Waals surface area contributed by atoms with Gasteiger partial charge in [-0.3, -0.25) is 9.36 Å². The third-order valence-corrected chi connectivity index (χ3v) is 4.74. The van der Waals surface area contributed by atoms with Gasteiger partial charge in [-0.1, -0.05) is 11.8 Å². The fraction of sp³-hybridized carbons (Fsp3) is 0.381. The van der Waals surface area contributed by atoms with E-state index in [0.29, 0.717) is 11.3 Å². The van der Waals surface area contributed by atoms with E-state index in [4.69, 9.17) is 20.3 Å². The number of anilines is 1. The highest BCUT2D eigenvalue weighted by Crippen LogP contribution is 2.30. The van der Waals surface area contributed by atoms with E-state index in [0.717, 1.165) is 4.57 Å². The number of carbonyl (C=O) groups excluding carboxylic acids is 1. The van der Waals surface area contributed by atoms with Gasteiger partial charge in [0.25, 0.3) is 0 Å². The average molecular weight is 484 g/mol. The summed E-state index contributed by atoms with van der Waals surface area (Å²) in [6, 6.07) is 6.22. The monoisotopic (exact) mass is 484 g/mol. The fourth-order valence-electron chi connectivity index (χ4n) is 3.02. The summed E-state index contributed by atoms with van der Waals surface area (Å²) in [6.45, 7) is -1.02. The number of nitrogen functional groups attached to an aromatic ring is 1. The maximum absolute atomic E-state index is 13.9. The predicted molar refractivity (Wildman–Crippen MR) is 110 cm³/mol. The van der Waals surface area contributed by atoms with Crippen LogP contribution in [0.15, 0.2) is 35.3 Å². The van der Waals surface area contributed by atoms with E-state index < -0.39 is 42.9 Å². The van der Waals surface area contributed by atoms with E-state index in [1.807, 2.05) is 0 Å². The number of hydrogen-bond donors (Lipinski definition) is 3. The molecule has 1 saturated heterocycles. The van der Waals surface area contributed by atoms with Gasteiger partial charge in [0.15, 0.2) is 0 Å². The highest BCUT2D eigenvalue weighted by Gasteiger charge is 2.38. The van der Waals surface area contributed by atoms with Crippen molar-refractivity contribution < 1.29 is 36.9 Å². The molecule has 182 valence electrons. The number of aliphatic hydroxyl groups excluding tert-OH is 1. The van der Waals surface area contributed by atoms with E-state index in [2.05, 4.69) is 16.8 Å². The minimum absolute atomic E-state index is 0.122. The Balaban J connectivity index is 1.63. The Hall–Kier alpha value is -3.63. The smallest absolute Gasteiger partial charge is 0.471 e. The number of halogens is 4. The Bertz CT molecular complexity index is 1140. The summed E-state index contributed by atoms with van der Waals surface area (Å²) in [6.07, 6.45) is -7.20. The molecule has 0 radical (unpaired) electrons. The van der Waals surface area contributed by atoms with Crippen LogP contribution in [0.1, 0.15) is 23.8 Å². The maximum Gasteiger partial charge on any atom is 0.471 e. The second kappa shape index (κ2) is 10.5. The molecule has 3 unspecified atom stereocenters. The summed E-state index contributed by atoms with van der Waals surface area (Å²) in [5, 5.41) is 10.8. The first-order valence-electron chi connectivity index (χ1n) is 9.97. The quantitative estimate of drug-likeness (QED) is 0.316. The first kappa shape index (κ1) is 25.0. The molecule has 1 amide bonds. The predicted octanol–water partition coefficient (Wildman–Crippen LogP) is 0.900. The number of nitrogens with one attached hydrogen (secondary N) is 1. The van der Waals surface area contributed by atoms with E-state index in [-0.39, 0.29) is 31.0 Å². The lowest BCUT2D eigenvalue weighted by molar-refractivity contribution is -0.173. The van der Waals surface area contributed by atoms with Gasteiger partial charge in [-0.15, -0.1) is 0 Å². The molecule has 1 aliphatic rings. The van der Waals surface area contributed by atoms with Crippen molar-refractivity contribution in [2.24, 2.45) is 0 Å². The number of nitrogens with zero attached hydrogens (tertiary/aromatic N) is 2. The number of nitrogens with two attached hydrogens (primary N) is 1. The van der Waals surface area contributed by atoms with Gasteiger partial charge in [0.05, 0.1) is 18.7 Å². The molecule has 34 heavy (non-hydrogen) atoms. The van der Waals surface area contributed by atoms with Crippen molar-refractivity contribution in [2.75, 3.05) is 25.5 Å². The van der Waals surface area contributed by atoms with Gasteiger partial charge in [-0.2, -0.15) is 18.2 Å². The normalized spacial score (nSPS) is 19.9. The molecule has 9 nitrogen and oxygen atoms in total. The largest absolute Gasteiger partial charge is 0.492 e. The van der Waals surface area contributed by atoms with Gasteiger partial charge < -0.3 is 25.6 Å². The zero-order valence-electron chi connectivity index (χ0n) is 17.5.